The van der Waals surface area contributed by atoms with Gasteiger partial charge in [-0.05, 0) is 52.7 Å². The number of thiophene rings is 1. The SMILES string of the molecule is COc1ccc2c(c1)C(=O)N(c1ccc3sccc3c1)C2. The number of methoxy groups -OCH3 is 1. The zero-order valence-electron chi connectivity index (χ0n) is 11.5. The van der Waals surface area contributed by atoms with Crippen LogP contribution in [0.15, 0.2) is 47.8 Å². The van der Waals surface area contributed by atoms with Gasteiger partial charge in [-0.1, -0.05) is 6.07 Å². The highest BCUT2D eigenvalue weighted by atomic mass is 32.1. The number of hydrogen-bond acceptors (Lipinski definition) is 3. The molecule has 2 aromatic carbocycles. The Hall–Kier alpha value is -2.33. The molecule has 0 bridgehead atoms. The van der Waals surface area contributed by atoms with Crippen LogP contribution in [-0.4, -0.2) is 13.0 Å². The molecule has 4 heteroatoms. The second kappa shape index (κ2) is 4.60. The van der Waals surface area contributed by atoms with Crippen molar-refractivity contribution in [2.24, 2.45) is 0 Å². The molecule has 0 saturated carbocycles. The smallest absolute Gasteiger partial charge is 0.259 e. The molecule has 0 saturated heterocycles. The molecule has 1 aliphatic rings. The van der Waals surface area contributed by atoms with Gasteiger partial charge in [-0.15, -0.1) is 11.3 Å². The molecule has 0 fully saturated rings. The second-order valence-electron chi connectivity index (χ2n) is 5.06. The van der Waals surface area contributed by atoms with E-state index in [1.807, 2.05) is 29.2 Å². The zero-order valence-corrected chi connectivity index (χ0v) is 12.3. The van der Waals surface area contributed by atoms with Crippen molar-refractivity contribution in [2.75, 3.05) is 12.0 Å². The van der Waals surface area contributed by atoms with Gasteiger partial charge in [0.1, 0.15) is 5.75 Å². The van der Waals surface area contributed by atoms with Gasteiger partial charge in [-0.3, -0.25) is 4.79 Å². The van der Waals surface area contributed by atoms with E-state index in [4.69, 9.17) is 4.74 Å². The molecule has 0 radical (unpaired) electrons. The normalized spacial score (nSPS) is 13.8. The molecule has 104 valence electrons. The van der Waals surface area contributed by atoms with Gasteiger partial charge in [-0.25, -0.2) is 0 Å². The van der Waals surface area contributed by atoms with E-state index in [0.717, 1.165) is 22.6 Å². The van der Waals surface area contributed by atoms with Gasteiger partial charge >= 0.3 is 0 Å². The number of anilines is 1. The lowest BCUT2D eigenvalue weighted by molar-refractivity contribution is 0.0996. The molecule has 1 amide bonds. The van der Waals surface area contributed by atoms with Crippen LogP contribution >= 0.6 is 11.3 Å². The van der Waals surface area contributed by atoms with Crippen LogP contribution < -0.4 is 9.64 Å². The van der Waals surface area contributed by atoms with E-state index in [1.165, 1.54) is 10.1 Å². The number of fused-ring (bicyclic) bond motifs is 2. The van der Waals surface area contributed by atoms with E-state index in [-0.39, 0.29) is 5.91 Å². The Kier molecular flexibility index (Phi) is 2.72. The van der Waals surface area contributed by atoms with Crippen molar-refractivity contribution >= 4 is 33.0 Å². The number of ether oxygens (including phenoxy) is 1. The van der Waals surface area contributed by atoms with Gasteiger partial charge in [0.15, 0.2) is 0 Å². The largest absolute Gasteiger partial charge is 0.497 e. The third-order valence-corrected chi connectivity index (χ3v) is 4.77. The topological polar surface area (TPSA) is 29.5 Å². The van der Waals surface area contributed by atoms with Gasteiger partial charge in [0, 0.05) is 16.0 Å². The molecule has 0 N–H and O–H groups in total. The summed E-state index contributed by atoms with van der Waals surface area (Å²) >= 11 is 1.71. The lowest BCUT2D eigenvalue weighted by Gasteiger charge is -2.15. The molecule has 0 unspecified atom stereocenters. The maximum absolute atomic E-state index is 12.6. The molecule has 0 spiro atoms. The van der Waals surface area contributed by atoms with E-state index >= 15 is 0 Å². The summed E-state index contributed by atoms with van der Waals surface area (Å²) in [5.41, 5.74) is 2.73. The maximum atomic E-state index is 12.6. The van der Waals surface area contributed by atoms with Crippen molar-refractivity contribution in [1.82, 2.24) is 0 Å². The van der Waals surface area contributed by atoms with Crippen molar-refractivity contribution in [1.29, 1.82) is 0 Å². The molecular weight excluding hydrogens is 282 g/mol. The molecule has 3 nitrogen and oxygen atoms in total. The minimum atomic E-state index is 0.0403. The van der Waals surface area contributed by atoms with Gasteiger partial charge in [0.25, 0.3) is 5.91 Å². The third-order valence-electron chi connectivity index (χ3n) is 3.87. The van der Waals surface area contributed by atoms with E-state index in [9.17, 15) is 4.79 Å². The van der Waals surface area contributed by atoms with Gasteiger partial charge in [-0.2, -0.15) is 0 Å². The van der Waals surface area contributed by atoms with Crippen LogP contribution in [0.4, 0.5) is 5.69 Å². The first-order valence-corrected chi connectivity index (χ1v) is 7.60. The first kappa shape index (κ1) is 12.4. The number of nitrogens with zero attached hydrogens (tertiary/aromatic N) is 1. The number of carbonyl (C=O) groups excluding carboxylic acids is 1. The monoisotopic (exact) mass is 295 g/mol. The summed E-state index contributed by atoms with van der Waals surface area (Å²) in [5.74, 6) is 0.760. The van der Waals surface area contributed by atoms with Crippen molar-refractivity contribution < 1.29 is 9.53 Å². The van der Waals surface area contributed by atoms with E-state index in [0.29, 0.717) is 6.54 Å². The predicted octanol–water partition coefficient (Wildman–Crippen LogP) is 4.07. The average molecular weight is 295 g/mol. The summed E-state index contributed by atoms with van der Waals surface area (Å²) in [5, 5.41) is 3.25. The fourth-order valence-electron chi connectivity index (χ4n) is 2.74. The van der Waals surface area contributed by atoms with Gasteiger partial charge < -0.3 is 9.64 Å². The minimum absolute atomic E-state index is 0.0403. The van der Waals surface area contributed by atoms with Crippen LogP contribution in [-0.2, 0) is 6.54 Å². The van der Waals surface area contributed by atoms with Crippen molar-refractivity contribution in [2.45, 2.75) is 6.54 Å². The fraction of sp³-hybridized carbons (Fsp3) is 0.118. The summed E-state index contributed by atoms with van der Waals surface area (Å²) in [6, 6.07) is 13.9. The highest BCUT2D eigenvalue weighted by molar-refractivity contribution is 7.17. The Morgan fingerprint density at radius 2 is 2.05 bits per heavy atom. The first-order chi connectivity index (χ1) is 10.3. The maximum Gasteiger partial charge on any atom is 0.259 e. The van der Waals surface area contributed by atoms with Crippen LogP contribution in [0.5, 0.6) is 5.75 Å². The van der Waals surface area contributed by atoms with Crippen LogP contribution in [0.1, 0.15) is 15.9 Å². The molecule has 0 atom stereocenters. The molecule has 2 heterocycles. The highest BCUT2D eigenvalue weighted by Crippen LogP contribution is 2.33. The summed E-state index contributed by atoms with van der Waals surface area (Å²) in [6.45, 7) is 0.619. The van der Waals surface area contributed by atoms with Gasteiger partial charge in [0.05, 0.1) is 13.7 Å². The van der Waals surface area contributed by atoms with E-state index in [1.54, 1.807) is 18.4 Å². The lowest BCUT2D eigenvalue weighted by atomic mass is 10.1. The third kappa shape index (κ3) is 1.91. The summed E-state index contributed by atoms with van der Waals surface area (Å²) < 4.78 is 6.45. The molecule has 1 aromatic heterocycles. The lowest BCUT2D eigenvalue weighted by Crippen LogP contribution is -2.22. The first-order valence-electron chi connectivity index (χ1n) is 6.72. The summed E-state index contributed by atoms with van der Waals surface area (Å²) in [7, 11) is 1.61. The Bertz CT molecular complexity index is 853. The summed E-state index contributed by atoms with van der Waals surface area (Å²) in [6.07, 6.45) is 0. The molecule has 0 aliphatic carbocycles. The summed E-state index contributed by atoms with van der Waals surface area (Å²) in [4.78, 5) is 14.4. The second-order valence-corrected chi connectivity index (χ2v) is 6.00. The van der Waals surface area contributed by atoms with Crippen molar-refractivity contribution in [3.8, 4) is 5.75 Å². The van der Waals surface area contributed by atoms with Crippen LogP contribution in [0.2, 0.25) is 0 Å². The van der Waals surface area contributed by atoms with Crippen LogP contribution in [0.3, 0.4) is 0 Å². The standard InChI is InChI=1S/C17H13NO2S/c1-20-14-4-2-12-10-18(17(19)15(12)9-14)13-3-5-16-11(8-13)6-7-21-16/h2-9H,10H2,1H3. The number of amides is 1. The Balaban J connectivity index is 1.75. The highest BCUT2D eigenvalue weighted by Gasteiger charge is 2.28. The molecular formula is C17H13NO2S. The quantitative estimate of drug-likeness (QED) is 0.713. The average Bonchev–Trinajstić information content (AvgIpc) is 3.11. The van der Waals surface area contributed by atoms with Gasteiger partial charge in [0.2, 0.25) is 0 Å². The van der Waals surface area contributed by atoms with Crippen LogP contribution in [0.25, 0.3) is 10.1 Å². The Morgan fingerprint density at radius 1 is 1.14 bits per heavy atom. The molecule has 21 heavy (non-hydrogen) atoms. The van der Waals surface area contributed by atoms with Crippen molar-refractivity contribution in [3.05, 3.63) is 59.0 Å². The molecule has 4 rings (SSSR count). The number of benzene rings is 2. The number of rotatable bonds is 2. The van der Waals surface area contributed by atoms with E-state index in [2.05, 4.69) is 23.6 Å². The Labute approximate surface area is 126 Å². The van der Waals surface area contributed by atoms with Crippen molar-refractivity contribution in [3.63, 3.8) is 0 Å². The predicted molar refractivity (Wildman–Crippen MR) is 85.3 cm³/mol. The van der Waals surface area contributed by atoms with Crippen LogP contribution in [0, 0.1) is 0 Å². The van der Waals surface area contributed by atoms with E-state index < -0.39 is 0 Å². The number of hydrogen-bond donors (Lipinski definition) is 0. The molecule has 3 aromatic rings. The zero-order chi connectivity index (χ0) is 14.4. The minimum Gasteiger partial charge on any atom is -0.497 e. The number of carbonyl (C=O) groups is 1. The Morgan fingerprint density at radius 3 is 2.90 bits per heavy atom. The molecule has 1 aliphatic heterocycles. The fourth-order valence-corrected chi connectivity index (χ4v) is 3.51.